The molecule has 2 N–H and O–H groups in total. The average molecular weight is 251 g/mol. The third kappa shape index (κ3) is 2.09. The topological polar surface area (TPSA) is 60.9 Å². The fourth-order valence-corrected chi connectivity index (χ4v) is 1.64. The molecule has 4 nitrogen and oxygen atoms in total. The van der Waals surface area contributed by atoms with Crippen LogP contribution in [0.25, 0.3) is 11.4 Å². The number of hydrogen-bond donors (Lipinski definition) is 1. The molecule has 0 radical (unpaired) electrons. The summed E-state index contributed by atoms with van der Waals surface area (Å²) in [6, 6.07) is 2.51. The molecule has 0 bridgehead atoms. The van der Waals surface area contributed by atoms with Crippen molar-refractivity contribution in [2.75, 3.05) is 0 Å². The number of rotatable bonds is 3. The van der Waals surface area contributed by atoms with Gasteiger partial charge in [-0.25, -0.2) is 13.8 Å². The molecular weight excluding hydrogens is 240 g/mol. The number of halogens is 2. The second-order valence-corrected chi connectivity index (χ2v) is 3.86. The van der Waals surface area contributed by atoms with Crippen molar-refractivity contribution in [2.24, 2.45) is 5.73 Å². The van der Waals surface area contributed by atoms with Gasteiger partial charge < -0.3 is 10.3 Å². The average Bonchev–Trinajstić information content (AvgIpc) is 2.76. The fourth-order valence-electron chi connectivity index (χ4n) is 1.64. The van der Waals surface area contributed by atoms with E-state index in [0.717, 1.165) is 12.1 Å². The van der Waals surface area contributed by atoms with Crippen LogP contribution in [0.2, 0.25) is 0 Å². The first kappa shape index (κ1) is 12.2. The maximum absolute atomic E-state index is 13.6. The fraction of sp³-hybridized carbons (Fsp3) is 0.167. The third-order valence-electron chi connectivity index (χ3n) is 2.67. The number of nitrogens with two attached hydrogens (primary N) is 1. The number of primary amides is 1. The van der Waals surface area contributed by atoms with Gasteiger partial charge in [0.1, 0.15) is 23.5 Å². The highest BCUT2D eigenvalue weighted by atomic mass is 19.1. The van der Waals surface area contributed by atoms with Gasteiger partial charge in [-0.2, -0.15) is 0 Å². The van der Waals surface area contributed by atoms with Crippen molar-refractivity contribution in [1.29, 1.82) is 0 Å². The quantitative estimate of drug-likeness (QED) is 0.905. The summed E-state index contributed by atoms with van der Waals surface area (Å²) in [5.41, 5.74) is 5.31. The van der Waals surface area contributed by atoms with E-state index in [1.807, 2.05) is 0 Å². The predicted octanol–water partition coefficient (Wildman–Crippen LogP) is 1.87. The van der Waals surface area contributed by atoms with Gasteiger partial charge >= 0.3 is 0 Å². The van der Waals surface area contributed by atoms with Crippen LogP contribution in [0.5, 0.6) is 0 Å². The van der Waals surface area contributed by atoms with Gasteiger partial charge in [-0.15, -0.1) is 0 Å². The van der Waals surface area contributed by atoms with Crippen molar-refractivity contribution >= 4 is 5.91 Å². The summed E-state index contributed by atoms with van der Waals surface area (Å²) in [4.78, 5) is 15.1. The summed E-state index contributed by atoms with van der Waals surface area (Å²) >= 11 is 0. The van der Waals surface area contributed by atoms with Gasteiger partial charge in [-0.05, 0) is 19.1 Å². The number of carbonyl (C=O) groups excluding carboxylic acids is 1. The summed E-state index contributed by atoms with van der Waals surface area (Å²) in [7, 11) is 0. The minimum atomic E-state index is -0.737. The molecule has 1 aromatic heterocycles. The normalized spacial score (nSPS) is 12.4. The number of hydrogen-bond acceptors (Lipinski definition) is 2. The van der Waals surface area contributed by atoms with E-state index >= 15 is 0 Å². The molecule has 1 amide bonds. The Hall–Kier alpha value is -2.24. The van der Waals surface area contributed by atoms with Crippen molar-refractivity contribution in [3.05, 3.63) is 42.2 Å². The van der Waals surface area contributed by atoms with E-state index in [1.165, 1.54) is 23.0 Å². The molecule has 2 rings (SSSR count). The van der Waals surface area contributed by atoms with E-state index in [2.05, 4.69) is 4.98 Å². The molecule has 1 heterocycles. The van der Waals surface area contributed by atoms with Crippen LogP contribution in [-0.2, 0) is 4.79 Å². The number of imidazole rings is 1. The van der Waals surface area contributed by atoms with Crippen molar-refractivity contribution in [3.63, 3.8) is 0 Å². The van der Waals surface area contributed by atoms with Crippen LogP contribution in [-0.4, -0.2) is 15.5 Å². The van der Waals surface area contributed by atoms with Gasteiger partial charge in [0.25, 0.3) is 0 Å². The van der Waals surface area contributed by atoms with Crippen LogP contribution in [0, 0.1) is 11.6 Å². The molecule has 94 valence electrons. The number of amides is 1. The molecule has 0 spiro atoms. The molecule has 0 aliphatic rings. The summed E-state index contributed by atoms with van der Waals surface area (Å²) in [5.74, 6) is -1.73. The highest BCUT2D eigenvalue weighted by Gasteiger charge is 2.18. The lowest BCUT2D eigenvalue weighted by Gasteiger charge is -2.13. The molecule has 6 heteroatoms. The summed E-state index contributed by atoms with van der Waals surface area (Å²) in [5, 5.41) is 0. The molecule has 0 saturated heterocycles. The summed E-state index contributed by atoms with van der Waals surface area (Å²) in [6.07, 6.45) is 2.95. The monoisotopic (exact) mass is 251 g/mol. The maximum Gasteiger partial charge on any atom is 0.240 e. The van der Waals surface area contributed by atoms with Crippen LogP contribution >= 0.6 is 0 Å². The first-order valence-electron chi connectivity index (χ1n) is 5.28. The lowest BCUT2D eigenvalue weighted by atomic mass is 10.2. The van der Waals surface area contributed by atoms with E-state index in [0.29, 0.717) is 0 Å². The lowest BCUT2D eigenvalue weighted by Crippen LogP contribution is -2.24. The standard InChI is InChI=1S/C12H11F2N3O/c1-7(11(15)18)17-5-4-16-12(17)9-3-2-8(13)6-10(9)14/h2-7H,1H3,(H2,15,18). The Bertz CT molecular complexity index is 595. The van der Waals surface area contributed by atoms with Gasteiger partial charge in [-0.3, -0.25) is 4.79 Å². The molecule has 1 unspecified atom stereocenters. The molecule has 0 fully saturated rings. The molecule has 18 heavy (non-hydrogen) atoms. The van der Waals surface area contributed by atoms with E-state index in [4.69, 9.17) is 5.73 Å². The van der Waals surface area contributed by atoms with Crippen LogP contribution in [0.1, 0.15) is 13.0 Å². The van der Waals surface area contributed by atoms with Crippen LogP contribution in [0.3, 0.4) is 0 Å². The highest BCUT2D eigenvalue weighted by Crippen LogP contribution is 2.24. The Morgan fingerprint density at radius 3 is 2.78 bits per heavy atom. The van der Waals surface area contributed by atoms with Gasteiger partial charge in [0, 0.05) is 18.5 Å². The molecule has 0 aliphatic carbocycles. The molecule has 0 aliphatic heterocycles. The molecule has 0 saturated carbocycles. The van der Waals surface area contributed by atoms with E-state index in [-0.39, 0.29) is 11.4 Å². The van der Waals surface area contributed by atoms with E-state index in [9.17, 15) is 13.6 Å². The Morgan fingerprint density at radius 2 is 2.17 bits per heavy atom. The van der Waals surface area contributed by atoms with Gasteiger partial charge in [0.05, 0.1) is 5.56 Å². The smallest absolute Gasteiger partial charge is 0.240 e. The van der Waals surface area contributed by atoms with Gasteiger partial charge in [0.2, 0.25) is 5.91 Å². The van der Waals surface area contributed by atoms with Crippen LogP contribution in [0.15, 0.2) is 30.6 Å². The molecule has 2 aromatic rings. The summed E-state index contributed by atoms with van der Waals surface area (Å²) < 4.78 is 27.9. The second-order valence-electron chi connectivity index (χ2n) is 3.86. The van der Waals surface area contributed by atoms with Gasteiger partial charge in [0.15, 0.2) is 0 Å². The van der Waals surface area contributed by atoms with Crippen LogP contribution < -0.4 is 5.73 Å². The zero-order valence-electron chi connectivity index (χ0n) is 9.60. The van der Waals surface area contributed by atoms with E-state index < -0.39 is 23.6 Å². The largest absolute Gasteiger partial charge is 0.368 e. The molecular formula is C12H11F2N3O. The Kier molecular flexibility index (Phi) is 3.10. The Labute approximate surface area is 102 Å². The highest BCUT2D eigenvalue weighted by molar-refractivity contribution is 5.78. The SMILES string of the molecule is CC(C(N)=O)n1ccnc1-c1ccc(F)cc1F. The number of nitrogens with zero attached hydrogens (tertiary/aromatic N) is 2. The first-order valence-corrected chi connectivity index (χ1v) is 5.28. The Balaban J connectivity index is 2.52. The first-order chi connectivity index (χ1) is 8.50. The third-order valence-corrected chi connectivity index (χ3v) is 2.67. The Morgan fingerprint density at radius 1 is 1.44 bits per heavy atom. The zero-order valence-corrected chi connectivity index (χ0v) is 9.60. The lowest BCUT2D eigenvalue weighted by molar-refractivity contribution is -0.120. The maximum atomic E-state index is 13.6. The molecule has 1 atom stereocenters. The minimum absolute atomic E-state index is 0.120. The van der Waals surface area contributed by atoms with Crippen molar-refractivity contribution in [2.45, 2.75) is 13.0 Å². The van der Waals surface area contributed by atoms with Gasteiger partial charge in [-0.1, -0.05) is 0 Å². The number of aromatic nitrogens is 2. The van der Waals surface area contributed by atoms with Crippen molar-refractivity contribution in [3.8, 4) is 11.4 Å². The minimum Gasteiger partial charge on any atom is -0.368 e. The summed E-state index contributed by atoms with van der Waals surface area (Å²) in [6.45, 7) is 1.58. The zero-order chi connectivity index (χ0) is 13.3. The predicted molar refractivity (Wildman–Crippen MR) is 61.5 cm³/mol. The van der Waals surface area contributed by atoms with Crippen molar-refractivity contribution < 1.29 is 13.6 Å². The number of benzene rings is 1. The number of carbonyl (C=O) groups is 1. The molecule has 1 aromatic carbocycles. The van der Waals surface area contributed by atoms with Crippen LogP contribution in [0.4, 0.5) is 8.78 Å². The van der Waals surface area contributed by atoms with E-state index in [1.54, 1.807) is 6.92 Å². The van der Waals surface area contributed by atoms with Crippen molar-refractivity contribution in [1.82, 2.24) is 9.55 Å². The second kappa shape index (κ2) is 4.56.